The first-order valence-corrected chi connectivity index (χ1v) is 15.8. The summed E-state index contributed by atoms with van der Waals surface area (Å²) in [6, 6.07) is 32.7. The second-order valence-electron chi connectivity index (χ2n) is 10.7. The molecule has 4 aromatic carbocycles. The van der Waals surface area contributed by atoms with Gasteiger partial charge in [0, 0.05) is 6.04 Å². The topological polar surface area (TPSA) is 3.88 Å². The van der Waals surface area contributed by atoms with Gasteiger partial charge in [0.05, 0.1) is 12.3 Å². The van der Waals surface area contributed by atoms with Crippen LogP contribution in [0.15, 0.2) is 103 Å². The third-order valence-electron chi connectivity index (χ3n) is 7.62. The molecule has 5 aromatic rings. The third-order valence-corrected chi connectivity index (χ3v) is 11.1. The number of pyridine rings is 1. The van der Waals surface area contributed by atoms with E-state index in [2.05, 4.69) is 119 Å². The van der Waals surface area contributed by atoms with Crippen molar-refractivity contribution in [3.63, 3.8) is 0 Å². The van der Waals surface area contributed by atoms with E-state index in [-0.39, 0.29) is 12.2 Å². The Bertz CT molecular complexity index is 1640. The fraction of sp³-hybridized carbons (Fsp3) is 0.206. The van der Waals surface area contributed by atoms with Crippen LogP contribution in [0.5, 0.6) is 0 Å². The number of aromatic nitrogens is 1. The number of rotatable bonds is 5. The summed E-state index contributed by atoms with van der Waals surface area (Å²) in [7, 11) is -0.0365. The summed E-state index contributed by atoms with van der Waals surface area (Å²) in [5.74, 6) is 0.365. The van der Waals surface area contributed by atoms with E-state index in [9.17, 15) is 0 Å². The highest BCUT2D eigenvalue weighted by Crippen LogP contribution is 2.36. The van der Waals surface area contributed by atoms with Crippen molar-refractivity contribution in [1.82, 2.24) is 0 Å². The van der Waals surface area contributed by atoms with Gasteiger partial charge < -0.3 is 0 Å². The van der Waals surface area contributed by atoms with Gasteiger partial charge in [-0.1, -0.05) is 116 Å². The quantitative estimate of drug-likeness (QED) is 0.181. The van der Waals surface area contributed by atoms with Crippen molar-refractivity contribution < 1.29 is 7.31 Å². The van der Waals surface area contributed by atoms with Crippen LogP contribution in [-0.2, 0) is 7.05 Å². The van der Waals surface area contributed by atoms with Gasteiger partial charge in [-0.05, 0) is 52.6 Å². The van der Waals surface area contributed by atoms with Crippen LogP contribution in [0.25, 0.3) is 33.2 Å². The molecule has 180 valence electrons. The summed E-state index contributed by atoms with van der Waals surface area (Å²) in [5, 5.41) is 4.53. The van der Waals surface area contributed by atoms with E-state index >= 15 is 0 Å². The molecule has 1 aromatic heterocycles. The van der Waals surface area contributed by atoms with Gasteiger partial charge in [-0.2, -0.15) is 0 Å². The zero-order valence-corrected chi connectivity index (χ0v) is 23.2. The second kappa shape index (κ2) is 9.52. The van der Waals surface area contributed by atoms with E-state index in [4.69, 9.17) is 2.74 Å². The standard InChI is InChI=1S/C34H36NSi/c1-24(2)32-22-28(26-13-9-7-10-14-26)23-33(25(32)3)34-31-18-17-30(21-27(31)19-20-35(34)4)36(5,6)29-15-11-8-12-16-29/h7-24H,1-6H3/q+1/i19D,20D. The van der Waals surface area contributed by atoms with Crippen LogP contribution in [0.2, 0.25) is 13.1 Å². The molecule has 5 rings (SSSR count). The van der Waals surface area contributed by atoms with Gasteiger partial charge in [0.15, 0.2) is 6.17 Å². The zero-order chi connectivity index (χ0) is 27.2. The molecule has 36 heavy (non-hydrogen) atoms. The Morgan fingerprint density at radius 1 is 0.778 bits per heavy atom. The average molecular weight is 489 g/mol. The highest BCUT2D eigenvalue weighted by molar-refractivity contribution is 7.00. The van der Waals surface area contributed by atoms with Crippen LogP contribution in [0.4, 0.5) is 0 Å². The lowest BCUT2D eigenvalue weighted by molar-refractivity contribution is -0.659. The normalized spacial score (nSPS) is 12.6. The number of hydrogen-bond donors (Lipinski definition) is 0. The Morgan fingerprint density at radius 3 is 2.11 bits per heavy atom. The Hall–Kier alpha value is -3.49. The summed E-state index contributed by atoms with van der Waals surface area (Å²) < 4.78 is 19.8. The third kappa shape index (κ3) is 4.31. The van der Waals surface area contributed by atoms with Crippen molar-refractivity contribution in [3.8, 4) is 22.4 Å². The molecule has 0 saturated carbocycles. The first-order chi connectivity index (χ1) is 18.1. The number of nitrogens with zero attached hydrogens (tertiary/aromatic N) is 1. The minimum Gasteiger partial charge on any atom is -0.200 e. The molecule has 0 amide bonds. The summed E-state index contributed by atoms with van der Waals surface area (Å²) in [6.45, 7) is 11.4. The van der Waals surface area contributed by atoms with E-state index in [0.717, 1.165) is 22.0 Å². The molecule has 0 spiro atoms. The van der Waals surface area contributed by atoms with Crippen LogP contribution in [0.3, 0.4) is 0 Å². The van der Waals surface area contributed by atoms with Crippen LogP contribution >= 0.6 is 0 Å². The van der Waals surface area contributed by atoms with Gasteiger partial charge in [0.25, 0.3) is 0 Å². The van der Waals surface area contributed by atoms with Crippen LogP contribution in [-0.4, -0.2) is 8.07 Å². The van der Waals surface area contributed by atoms with Crippen molar-refractivity contribution in [1.29, 1.82) is 0 Å². The number of fused-ring (bicyclic) bond motifs is 1. The molecule has 0 atom stereocenters. The summed E-state index contributed by atoms with van der Waals surface area (Å²) in [5.41, 5.74) is 7.04. The fourth-order valence-corrected chi connectivity index (χ4v) is 7.71. The van der Waals surface area contributed by atoms with Crippen molar-refractivity contribution in [2.45, 2.75) is 39.8 Å². The van der Waals surface area contributed by atoms with Crippen LogP contribution in [0, 0.1) is 6.92 Å². The lowest BCUT2D eigenvalue weighted by atomic mass is 9.87. The van der Waals surface area contributed by atoms with Gasteiger partial charge >= 0.3 is 0 Å². The molecule has 1 heterocycles. The van der Waals surface area contributed by atoms with E-state index in [1.807, 2.05) is 17.7 Å². The lowest BCUT2D eigenvalue weighted by Gasteiger charge is -2.24. The maximum atomic E-state index is 8.94. The first kappa shape index (κ1) is 21.8. The molecule has 0 bridgehead atoms. The largest absolute Gasteiger partial charge is 0.220 e. The van der Waals surface area contributed by atoms with Gasteiger partial charge in [-0.15, -0.1) is 0 Å². The molecule has 2 heteroatoms. The highest BCUT2D eigenvalue weighted by Gasteiger charge is 2.27. The minimum absolute atomic E-state index is 0.236. The number of hydrogen-bond acceptors (Lipinski definition) is 0. The van der Waals surface area contributed by atoms with Crippen LogP contribution < -0.4 is 14.9 Å². The van der Waals surface area contributed by atoms with E-state index < -0.39 is 8.07 Å². The monoisotopic (exact) mass is 488 g/mol. The number of benzene rings is 4. The Kier molecular flexibility index (Phi) is 5.75. The van der Waals surface area contributed by atoms with E-state index in [1.54, 1.807) is 0 Å². The van der Waals surface area contributed by atoms with Gasteiger partial charge in [0.1, 0.15) is 16.5 Å². The molecule has 0 saturated heterocycles. The second-order valence-corrected chi connectivity index (χ2v) is 15.1. The Balaban J connectivity index is 1.81. The Morgan fingerprint density at radius 2 is 1.44 bits per heavy atom. The first-order valence-electron chi connectivity index (χ1n) is 13.8. The molecule has 0 unspecified atom stereocenters. The smallest absolute Gasteiger partial charge is 0.200 e. The van der Waals surface area contributed by atoms with Crippen molar-refractivity contribution in [3.05, 3.63) is 114 Å². The highest BCUT2D eigenvalue weighted by atomic mass is 28.3. The molecule has 1 nitrogen and oxygen atoms in total. The van der Waals surface area contributed by atoms with Crippen LogP contribution in [0.1, 0.15) is 33.6 Å². The molecule has 0 fully saturated rings. The average Bonchev–Trinajstić information content (AvgIpc) is 2.93. The predicted octanol–water partition coefficient (Wildman–Crippen LogP) is 7.25. The summed E-state index contributed by atoms with van der Waals surface area (Å²) >= 11 is 0. The lowest BCUT2D eigenvalue weighted by Crippen LogP contribution is -2.52. The molecular weight excluding hydrogens is 450 g/mol. The maximum Gasteiger partial charge on any atom is 0.220 e. The predicted molar refractivity (Wildman–Crippen MR) is 158 cm³/mol. The Labute approximate surface area is 219 Å². The fourth-order valence-electron chi connectivity index (χ4n) is 5.35. The van der Waals surface area contributed by atoms with Crippen molar-refractivity contribution >= 4 is 29.2 Å². The minimum atomic E-state index is -1.96. The van der Waals surface area contributed by atoms with Crippen molar-refractivity contribution in [2.75, 3.05) is 0 Å². The zero-order valence-electron chi connectivity index (χ0n) is 24.2. The molecule has 0 aliphatic rings. The van der Waals surface area contributed by atoms with Gasteiger partial charge in [-0.3, -0.25) is 0 Å². The molecule has 0 radical (unpaired) electrons. The molecule has 0 N–H and O–H groups in total. The summed E-state index contributed by atoms with van der Waals surface area (Å²) in [4.78, 5) is 0. The van der Waals surface area contributed by atoms with E-state index in [0.29, 0.717) is 5.92 Å². The molecule has 0 aliphatic carbocycles. The molecule has 0 aliphatic heterocycles. The van der Waals surface area contributed by atoms with Gasteiger partial charge in [0.2, 0.25) is 5.69 Å². The van der Waals surface area contributed by atoms with E-state index in [1.165, 1.54) is 32.6 Å². The maximum absolute atomic E-state index is 8.94. The van der Waals surface area contributed by atoms with Gasteiger partial charge in [-0.25, -0.2) is 4.57 Å². The SMILES string of the molecule is [2H]c1c([2H])[n+](C)c(-c2cc(-c3ccccc3)cc(C(C)C)c2C)c2ccc([Si](C)(C)c3ccccc3)cc12. The van der Waals surface area contributed by atoms with Crippen molar-refractivity contribution in [2.24, 2.45) is 7.05 Å². The summed E-state index contributed by atoms with van der Waals surface area (Å²) in [6.07, 6.45) is 0.236. The molecular formula is C34H36NSi+.